The molecule has 0 aliphatic heterocycles. The highest BCUT2D eigenvalue weighted by atomic mass is 79.9. The van der Waals surface area contributed by atoms with Gasteiger partial charge in [0.2, 0.25) is 0 Å². The number of rotatable bonds is 2. The topological polar surface area (TPSA) is 0 Å². The third-order valence-electron chi connectivity index (χ3n) is 2.47. The molecule has 0 nitrogen and oxygen atoms in total. The highest BCUT2D eigenvalue weighted by Gasteiger charge is 2.17. The van der Waals surface area contributed by atoms with E-state index in [-0.39, 0.29) is 7.43 Å². The number of halogens is 1. The maximum absolute atomic E-state index is 3.67. The van der Waals surface area contributed by atoms with Crippen LogP contribution in [-0.4, -0.2) is 4.83 Å². The first-order valence-corrected chi connectivity index (χ1v) is 5.38. The Labute approximate surface area is 79.9 Å². The first-order valence-electron chi connectivity index (χ1n) is 4.47. The predicted octanol–water partition coefficient (Wildman–Crippen LogP) is 4.38. The minimum atomic E-state index is 0. The molecule has 0 aromatic heterocycles. The summed E-state index contributed by atoms with van der Waals surface area (Å²) >= 11 is 3.67. The molecule has 68 valence electrons. The fourth-order valence-corrected chi connectivity index (χ4v) is 2.35. The largest absolute Gasteiger partial charge is 0.0891 e. The van der Waals surface area contributed by atoms with Gasteiger partial charge in [0.1, 0.15) is 0 Å². The standard InChI is InChI=1S/C9H17Br.CH4/c1-2-3-8-4-6-9(10)7-5-8;/h8-9H,2-7H2,1H3;1H4. The lowest BCUT2D eigenvalue weighted by atomic mass is 9.86. The molecule has 1 saturated carbocycles. The third-order valence-corrected chi connectivity index (χ3v) is 3.39. The molecule has 0 unspecified atom stereocenters. The maximum atomic E-state index is 3.67. The third kappa shape index (κ3) is 4.15. The number of hydrogen-bond donors (Lipinski definition) is 0. The van der Waals surface area contributed by atoms with Gasteiger partial charge in [-0.05, 0) is 31.6 Å². The van der Waals surface area contributed by atoms with Crippen molar-refractivity contribution in [2.75, 3.05) is 0 Å². The van der Waals surface area contributed by atoms with Crippen LogP contribution in [0.2, 0.25) is 0 Å². The molecular weight excluding hydrogens is 200 g/mol. The second-order valence-electron chi connectivity index (χ2n) is 3.41. The molecule has 0 saturated heterocycles. The van der Waals surface area contributed by atoms with Crippen molar-refractivity contribution in [3.63, 3.8) is 0 Å². The van der Waals surface area contributed by atoms with Crippen LogP contribution in [0, 0.1) is 5.92 Å². The fourth-order valence-electron chi connectivity index (χ4n) is 1.82. The molecule has 1 aliphatic rings. The van der Waals surface area contributed by atoms with E-state index in [1.54, 1.807) is 0 Å². The summed E-state index contributed by atoms with van der Waals surface area (Å²) in [6.07, 6.45) is 8.57. The summed E-state index contributed by atoms with van der Waals surface area (Å²) in [7, 11) is 0. The van der Waals surface area contributed by atoms with Gasteiger partial charge in [0.25, 0.3) is 0 Å². The Morgan fingerprint density at radius 2 is 1.73 bits per heavy atom. The van der Waals surface area contributed by atoms with Gasteiger partial charge in [-0.1, -0.05) is 43.1 Å². The Kier molecular flexibility index (Phi) is 6.31. The monoisotopic (exact) mass is 220 g/mol. The van der Waals surface area contributed by atoms with Crippen LogP contribution in [0.3, 0.4) is 0 Å². The SMILES string of the molecule is C.CCCC1CCC(Br)CC1. The quantitative estimate of drug-likeness (QED) is 0.607. The smallest absolute Gasteiger partial charge is 0.0146 e. The van der Waals surface area contributed by atoms with E-state index < -0.39 is 0 Å². The van der Waals surface area contributed by atoms with Crippen LogP contribution in [0.1, 0.15) is 52.9 Å². The van der Waals surface area contributed by atoms with E-state index in [0.717, 1.165) is 10.7 Å². The summed E-state index contributed by atoms with van der Waals surface area (Å²) in [6.45, 7) is 2.29. The van der Waals surface area contributed by atoms with Gasteiger partial charge in [-0.2, -0.15) is 0 Å². The zero-order chi connectivity index (χ0) is 7.40. The van der Waals surface area contributed by atoms with Gasteiger partial charge in [0.05, 0.1) is 0 Å². The molecule has 1 heteroatoms. The predicted molar refractivity (Wildman–Crippen MR) is 56.3 cm³/mol. The van der Waals surface area contributed by atoms with E-state index >= 15 is 0 Å². The van der Waals surface area contributed by atoms with E-state index in [9.17, 15) is 0 Å². The molecular formula is C10H21Br. The molecule has 0 N–H and O–H groups in total. The molecule has 0 radical (unpaired) electrons. The van der Waals surface area contributed by atoms with E-state index in [1.807, 2.05) is 0 Å². The minimum absolute atomic E-state index is 0. The first-order chi connectivity index (χ1) is 4.83. The number of hydrogen-bond acceptors (Lipinski definition) is 0. The molecule has 0 bridgehead atoms. The molecule has 1 fully saturated rings. The lowest BCUT2D eigenvalue weighted by Crippen LogP contribution is -2.13. The Hall–Kier alpha value is 0.480. The van der Waals surface area contributed by atoms with Gasteiger partial charge in [-0.15, -0.1) is 0 Å². The van der Waals surface area contributed by atoms with Crippen LogP contribution in [-0.2, 0) is 0 Å². The number of alkyl halides is 1. The molecule has 0 amide bonds. The lowest BCUT2D eigenvalue weighted by molar-refractivity contribution is 0.345. The zero-order valence-corrected chi connectivity index (χ0v) is 8.36. The molecule has 11 heavy (non-hydrogen) atoms. The second-order valence-corrected chi connectivity index (χ2v) is 4.70. The summed E-state index contributed by atoms with van der Waals surface area (Å²) in [5.74, 6) is 1.05. The molecule has 1 aliphatic carbocycles. The average molecular weight is 221 g/mol. The Morgan fingerprint density at radius 1 is 1.18 bits per heavy atom. The van der Waals surface area contributed by atoms with Crippen LogP contribution in [0.25, 0.3) is 0 Å². The Balaban J connectivity index is 0.000001000. The Bertz CT molecular complexity index is 82.9. The first kappa shape index (κ1) is 11.5. The second kappa shape index (κ2) is 6.05. The van der Waals surface area contributed by atoms with Crippen molar-refractivity contribution >= 4 is 15.9 Å². The lowest BCUT2D eigenvalue weighted by Gasteiger charge is -2.24. The van der Waals surface area contributed by atoms with Crippen molar-refractivity contribution in [2.45, 2.75) is 57.7 Å². The molecule has 0 aromatic rings. The average Bonchev–Trinajstić information content (AvgIpc) is 1.95. The molecule has 1 rings (SSSR count). The van der Waals surface area contributed by atoms with Crippen LogP contribution in [0.5, 0.6) is 0 Å². The van der Waals surface area contributed by atoms with Crippen molar-refractivity contribution in [3.05, 3.63) is 0 Å². The van der Waals surface area contributed by atoms with E-state index in [1.165, 1.54) is 38.5 Å². The highest BCUT2D eigenvalue weighted by Crippen LogP contribution is 2.30. The zero-order valence-electron chi connectivity index (χ0n) is 6.78. The van der Waals surface area contributed by atoms with Gasteiger partial charge in [-0.25, -0.2) is 0 Å². The van der Waals surface area contributed by atoms with Crippen LogP contribution < -0.4 is 0 Å². The van der Waals surface area contributed by atoms with Gasteiger partial charge in [0, 0.05) is 4.83 Å². The van der Waals surface area contributed by atoms with Gasteiger partial charge in [0.15, 0.2) is 0 Å². The summed E-state index contributed by atoms with van der Waals surface area (Å²) in [5.41, 5.74) is 0. The molecule has 0 aromatic carbocycles. The van der Waals surface area contributed by atoms with Crippen molar-refractivity contribution in [3.8, 4) is 0 Å². The summed E-state index contributed by atoms with van der Waals surface area (Å²) in [6, 6.07) is 0. The van der Waals surface area contributed by atoms with Gasteiger partial charge < -0.3 is 0 Å². The van der Waals surface area contributed by atoms with Crippen molar-refractivity contribution in [2.24, 2.45) is 5.92 Å². The van der Waals surface area contributed by atoms with Crippen molar-refractivity contribution in [1.82, 2.24) is 0 Å². The van der Waals surface area contributed by atoms with Crippen molar-refractivity contribution in [1.29, 1.82) is 0 Å². The van der Waals surface area contributed by atoms with Crippen LogP contribution in [0.4, 0.5) is 0 Å². The van der Waals surface area contributed by atoms with Gasteiger partial charge >= 0.3 is 0 Å². The van der Waals surface area contributed by atoms with E-state index in [2.05, 4.69) is 22.9 Å². The summed E-state index contributed by atoms with van der Waals surface area (Å²) in [4.78, 5) is 0.834. The normalized spacial score (nSPS) is 31.1. The highest BCUT2D eigenvalue weighted by molar-refractivity contribution is 9.09. The minimum Gasteiger partial charge on any atom is -0.0891 e. The Morgan fingerprint density at radius 3 is 2.18 bits per heavy atom. The summed E-state index contributed by atoms with van der Waals surface area (Å²) in [5, 5.41) is 0. The summed E-state index contributed by atoms with van der Waals surface area (Å²) < 4.78 is 0. The van der Waals surface area contributed by atoms with Crippen LogP contribution in [0.15, 0.2) is 0 Å². The van der Waals surface area contributed by atoms with Crippen molar-refractivity contribution < 1.29 is 0 Å². The van der Waals surface area contributed by atoms with E-state index in [4.69, 9.17) is 0 Å². The molecule has 0 spiro atoms. The van der Waals surface area contributed by atoms with Gasteiger partial charge in [-0.3, -0.25) is 0 Å². The van der Waals surface area contributed by atoms with Crippen LogP contribution >= 0.6 is 15.9 Å². The molecule has 0 atom stereocenters. The molecule has 0 heterocycles. The maximum Gasteiger partial charge on any atom is 0.0146 e. The fraction of sp³-hybridized carbons (Fsp3) is 1.00. The van der Waals surface area contributed by atoms with E-state index in [0.29, 0.717) is 0 Å².